The summed E-state index contributed by atoms with van der Waals surface area (Å²) in [4.78, 5) is 12.9. The molecule has 1 aromatic carbocycles. The maximum absolute atomic E-state index is 13.1. The van der Waals surface area contributed by atoms with Crippen molar-refractivity contribution in [3.8, 4) is 0 Å². The molecule has 0 aliphatic carbocycles. The smallest absolute Gasteiger partial charge is 0.245 e. The molecule has 1 aromatic rings. The highest BCUT2D eigenvalue weighted by molar-refractivity contribution is 7.89. The van der Waals surface area contributed by atoms with Crippen molar-refractivity contribution in [3.05, 3.63) is 24.0 Å². The van der Waals surface area contributed by atoms with Gasteiger partial charge in [-0.05, 0) is 24.6 Å². The summed E-state index contributed by atoms with van der Waals surface area (Å²) in [6, 6.07) is 3.09. The van der Waals surface area contributed by atoms with E-state index in [4.69, 9.17) is 5.73 Å². The Hall–Kier alpha value is -1.67. The van der Waals surface area contributed by atoms with E-state index in [1.54, 1.807) is 21.0 Å². The Morgan fingerprint density at radius 3 is 2.43 bits per heavy atom. The Balaban J connectivity index is 3.18. The summed E-state index contributed by atoms with van der Waals surface area (Å²) in [7, 11) is -0.851. The molecule has 1 rings (SSSR count). The third-order valence-electron chi connectivity index (χ3n) is 2.87. The van der Waals surface area contributed by atoms with Gasteiger partial charge in [0.15, 0.2) is 0 Å². The first-order valence-electron chi connectivity index (χ1n) is 6.45. The van der Waals surface area contributed by atoms with Crippen LogP contribution in [0.1, 0.15) is 13.3 Å². The first-order chi connectivity index (χ1) is 9.70. The molecule has 118 valence electrons. The fourth-order valence-corrected chi connectivity index (χ4v) is 3.30. The van der Waals surface area contributed by atoms with Gasteiger partial charge in [-0.2, -0.15) is 4.31 Å². The molecular formula is C13H20FN3O3S. The topological polar surface area (TPSA) is 83.7 Å². The molecule has 21 heavy (non-hydrogen) atoms. The molecule has 0 fully saturated rings. The number of nitrogens with zero attached hydrogens (tertiary/aromatic N) is 2. The zero-order valence-electron chi connectivity index (χ0n) is 12.3. The fourth-order valence-electron chi connectivity index (χ4n) is 1.72. The first kappa shape index (κ1) is 17.4. The van der Waals surface area contributed by atoms with E-state index in [2.05, 4.69) is 0 Å². The monoisotopic (exact) mass is 317 g/mol. The minimum absolute atomic E-state index is 0.173. The first-order valence-corrected chi connectivity index (χ1v) is 7.89. The molecule has 8 heteroatoms. The number of rotatable bonds is 6. The predicted octanol–water partition coefficient (Wildman–Crippen LogP) is 0.897. The molecular weight excluding hydrogens is 297 g/mol. The molecule has 0 saturated heterocycles. The van der Waals surface area contributed by atoms with Gasteiger partial charge in [0, 0.05) is 20.6 Å². The molecule has 2 N–H and O–H groups in total. The van der Waals surface area contributed by atoms with Crippen molar-refractivity contribution in [2.24, 2.45) is 0 Å². The second kappa shape index (κ2) is 6.86. The van der Waals surface area contributed by atoms with E-state index in [9.17, 15) is 17.6 Å². The lowest BCUT2D eigenvalue weighted by molar-refractivity contribution is -0.128. The number of carbonyl (C=O) groups is 1. The van der Waals surface area contributed by atoms with Gasteiger partial charge in [-0.25, -0.2) is 12.8 Å². The summed E-state index contributed by atoms with van der Waals surface area (Å²) >= 11 is 0. The minimum Gasteiger partial charge on any atom is -0.398 e. The van der Waals surface area contributed by atoms with Gasteiger partial charge in [0.25, 0.3) is 0 Å². The maximum Gasteiger partial charge on any atom is 0.245 e. The number of hydrogen-bond donors (Lipinski definition) is 1. The van der Waals surface area contributed by atoms with E-state index in [0.717, 1.165) is 22.5 Å². The molecule has 0 bridgehead atoms. The van der Waals surface area contributed by atoms with Gasteiger partial charge in [0.05, 0.1) is 12.2 Å². The Bertz CT molecular complexity index is 617. The van der Waals surface area contributed by atoms with Gasteiger partial charge < -0.3 is 10.6 Å². The van der Waals surface area contributed by atoms with E-state index in [1.165, 1.54) is 4.90 Å². The largest absolute Gasteiger partial charge is 0.398 e. The predicted molar refractivity (Wildman–Crippen MR) is 78.6 cm³/mol. The molecule has 0 aliphatic rings. The molecule has 0 aromatic heterocycles. The SMILES string of the molecule is CCCN(CC(=O)N(C)C)S(=O)(=O)c1ccc(F)cc1N. The number of halogens is 1. The summed E-state index contributed by atoms with van der Waals surface area (Å²) in [6.07, 6.45) is 0.543. The van der Waals surface area contributed by atoms with Crippen LogP contribution in [0.5, 0.6) is 0 Å². The van der Waals surface area contributed by atoms with Crippen LogP contribution in [0.25, 0.3) is 0 Å². The van der Waals surface area contributed by atoms with Crippen LogP contribution < -0.4 is 5.73 Å². The number of nitrogen functional groups attached to an aromatic ring is 1. The van der Waals surface area contributed by atoms with Crippen LogP contribution in [-0.4, -0.2) is 50.7 Å². The zero-order chi connectivity index (χ0) is 16.2. The van der Waals surface area contributed by atoms with Crippen LogP contribution in [-0.2, 0) is 14.8 Å². The molecule has 0 atom stereocenters. The average Bonchev–Trinajstić information content (AvgIpc) is 2.37. The second-order valence-corrected chi connectivity index (χ2v) is 6.72. The molecule has 0 saturated carbocycles. The van der Waals surface area contributed by atoms with Crippen molar-refractivity contribution < 1.29 is 17.6 Å². The van der Waals surface area contributed by atoms with Gasteiger partial charge in [-0.15, -0.1) is 0 Å². The van der Waals surface area contributed by atoms with Crippen molar-refractivity contribution in [1.82, 2.24) is 9.21 Å². The van der Waals surface area contributed by atoms with Gasteiger partial charge in [0.1, 0.15) is 10.7 Å². The molecule has 1 amide bonds. The van der Waals surface area contributed by atoms with Crippen LogP contribution in [0.2, 0.25) is 0 Å². The molecule has 0 spiro atoms. The maximum atomic E-state index is 13.1. The van der Waals surface area contributed by atoms with Crippen molar-refractivity contribution in [1.29, 1.82) is 0 Å². The molecule has 0 unspecified atom stereocenters. The quantitative estimate of drug-likeness (QED) is 0.790. The van der Waals surface area contributed by atoms with Gasteiger partial charge in [-0.1, -0.05) is 6.92 Å². The van der Waals surface area contributed by atoms with Crippen LogP contribution in [0, 0.1) is 5.82 Å². The normalized spacial score (nSPS) is 11.7. The van der Waals surface area contributed by atoms with Crippen molar-refractivity contribution in [2.75, 3.05) is 32.9 Å². The molecule has 0 heterocycles. The van der Waals surface area contributed by atoms with E-state index in [1.807, 2.05) is 0 Å². The van der Waals surface area contributed by atoms with Crippen molar-refractivity contribution in [3.63, 3.8) is 0 Å². The number of carbonyl (C=O) groups excluding carboxylic acids is 1. The van der Waals surface area contributed by atoms with Crippen molar-refractivity contribution in [2.45, 2.75) is 18.2 Å². The number of sulfonamides is 1. The summed E-state index contributed by atoms with van der Waals surface area (Å²) in [6.45, 7) is 1.70. The summed E-state index contributed by atoms with van der Waals surface area (Å²) in [5.41, 5.74) is 5.42. The van der Waals surface area contributed by atoms with Crippen LogP contribution in [0.3, 0.4) is 0 Å². The lowest BCUT2D eigenvalue weighted by atomic mass is 10.3. The highest BCUT2D eigenvalue weighted by Crippen LogP contribution is 2.23. The average molecular weight is 317 g/mol. The summed E-state index contributed by atoms with van der Waals surface area (Å²) in [5.74, 6) is -0.953. The van der Waals surface area contributed by atoms with E-state index in [0.29, 0.717) is 6.42 Å². The number of benzene rings is 1. The number of nitrogens with two attached hydrogens (primary N) is 1. The van der Waals surface area contributed by atoms with Gasteiger partial charge in [0.2, 0.25) is 15.9 Å². The Morgan fingerprint density at radius 1 is 1.33 bits per heavy atom. The number of hydrogen-bond acceptors (Lipinski definition) is 4. The number of anilines is 1. The third-order valence-corrected chi connectivity index (χ3v) is 4.79. The van der Waals surface area contributed by atoms with Crippen LogP contribution >= 0.6 is 0 Å². The van der Waals surface area contributed by atoms with Crippen LogP contribution in [0.15, 0.2) is 23.1 Å². The molecule has 6 nitrogen and oxygen atoms in total. The van der Waals surface area contributed by atoms with Gasteiger partial charge >= 0.3 is 0 Å². The zero-order valence-corrected chi connectivity index (χ0v) is 13.2. The summed E-state index contributed by atoms with van der Waals surface area (Å²) < 4.78 is 39.2. The Morgan fingerprint density at radius 2 is 1.95 bits per heavy atom. The van der Waals surface area contributed by atoms with E-state index < -0.39 is 15.8 Å². The van der Waals surface area contributed by atoms with Crippen molar-refractivity contribution >= 4 is 21.6 Å². The summed E-state index contributed by atoms with van der Waals surface area (Å²) in [5, 5.41) is 0. The van der Waals surface area contributed by atoms with E-state index in [-0.39, 0.29) is 29.6 Å². The highest BCUT2D eigenvalue weighted by atomic mass is 32.2. The number of likely N-dealkylation sites (N-methyl/N-ethyl adjacent to an activating group) is 1. The number of amides is 1. The lowest BCUT2D eigenvalue weighted by Gasteiger charge is -2.23. The Kier molecular flexibility index (Phi) is 5.68. The highest BCUT2D eigenvalue weighted by Gasteiger charge is 2.28. The minimum atomic E-state index is -3.95. The third kappa shape index (κ3) is 4.15. The molecule has 0 aliphatic heterocycles. The van der Waals surface area contributed by atoms with Crippen LogP contribution in [0.4, 0.5) is 10.1 Å². The van der Waals surface area contributed by atoms with E-state index >= 15 is 0 Å². The lowest BCUT2D eigenvalue weighted by Crippen LogP contribution is -2.40. The van der Waals surface area contributed by atoms with Gasteiger partial charge in [-0.3, -0.25) is 4.79 Å². The standard InChI is InChI=1S/C13H20FN3O3S/c1-4-7-17(9-13(18)16(2)3)21(19,20)12-6-5-10(14)8-11(12)15/h5-6,8H,4,7,9,15H2,1-3H3. The fraction of sp³-hybridized carbons (Fsp3) is 0.462. The Labute approximate surface area is 124 Å². The second-order valence-electron chi connectivity index (χ2n) is 4.81. The molecule has 0 radical (unpaired) electrons.